The van der Waals surface area contributed by atoms with Crippen LogP contribution in [0, 0.1) is 0 Å². The minimum Gasteiger partial charge on any atom is -1.00 e. The molecule has 0 aromatic heterocycles. The summed E-state index contributed by atoms with van der Waals surface area (Å²) in [5.41, 5.74) is 0. The van der Waals surface area contributed by atoms with Gasteiger partial charge in [-0.3, -0.25) is 0 Å². The van der Waals surface area contributed by atoms with Gasteiger partial charge in [-0.2, -0.15) is 0 Å². The first-order valence-corrected chi connectivity index (χ1v) is 9.70. The van der Waals surface area contributed by atoms with E-state index < -0.39 is 0 Å². The molecule has 0 radical (unpaired) electrons. The molecule has 0 atom stereocenters. The molecular formula is C19H42ClNO. The zero-order valence-electron chi connectivity index (χ0n) is 15.6. The lowest BCUT2D eigenvalue weighted by atomic mass is 10.1. The molecule has 0 fully saturated rings. The average Bonchev–Trinajstić information content (AvgIpc) is 2.52. The summed E-state index contributed by atoms with van der Waals surface area (Å²) in [6.07, 6.45) is 15.1. The molecule has 0 aliphatic rings. The highest BCUT2D eigenvalue weighted by molar-refractivity contribution is 4.49. The van der Waals surface area contributed by atoms with Gasteiger partial charge in [0.1, 0.15) is 0 Å². The Labute approximate surface area is 146 Å². The Balaban J connectivity index is 0. The summed E-state index contributed by atoms with van der Waals surface area (Å²) >= 11 is 0. The third-order valence-corrected chi connectivity index (χ3v) is 5.12. The summed E-state index contributed by atoms with van der Waals surface area (Å²) in [5, 5.41) is 9.06. The fourth-order valence-electron chi connectivity index (χ4n) is 3.31. The molecule has 0 heterocycles. The zero-order chi connectivity index (χ0) is 15.8. The maximum atomic E-state index is 9.06. The van der Waals surface area contributed by atoms with Crippen molar-refractivity contribution < 1.29 is 22.0 Å². The maximum Gasteiger partial charge on any atom is 0.0808 e. The largest absolute Gasteiger partial charge is 1.00 e. The van der Waals surface area contributed by atoms with Gasteiger partial charge in [0.25, 0.3) is 0 Å². The summed E-state index contributed by atoms with van der Waals surface area (Å²) in [6, 6.07) is 0. The van der Waals surface area contributed by atoms with Gasteiger partial charge in [-0.1, -0.05) is 58.3 Å². The summed E-state index contributed by atoms with van der Waals surface area (Å²) in [7, 11) is 0. The van der Waals surface area contributed by atoms with Crippen molar-refractivity contribution in [1.29, 1.82) is 0 Å². The number of aliphatic hydroxyl groups is 1. The van der Waals surface area contributed by atoms with E-state index in [0.29, 0.717) is 6.61 Å². The summed E-state index contributed by atoms with van der Waals surface area (Å²) in [6.45, 7) is 12.1. The third kappa shape index (κ3) is 12.7. The first kappa shape index (κ1) is 24.5. The lowest BCUT2D eigenvalue weighted by molar-refractivity contribution is -0.925. The molecule has 0 bridgehead atoms. The van der Waals surface area contributed by atoms with Gasteiger partial charge < -0.3 is 22.0 Å². The zero-order valence-corrected chi connectivity index (χ0v) is 16.3. The van der Waals surface area contributed by atoms with Gasteiger partial charge in [0.05, 0.1) is 26.2 Å². The van der Waals surface area contributed by atoms with E-state index in [-0.39, 0.29) is 12.4 Å². The monoisotopic (exact) mass is 335 g/mol. The van der Waals surface area contributed by atoms with Crippen LogP contribution in [0.4, 0.5) is 0 Å². The van der Waals surface area contributed by atoms with Crippen molar-refractivity contribution in [2.75, 3.05) is 32.8 Å². The van der Waals surface area contributed by atoms with E-state index in [4.69, 9.17) is 5.11 Å². The van der Waals surface area contributed by atoms with Crippen LogP contribution in [0.5, 0.6) is 0 Å². The fraction of sp³-hybridized carbons (Fsp3) is 1.00. The van der Waals surface area contributed by atoms with Crippen LogP contribution < -0.4 is 12.4 Å². The number of aliphatic hydroxyl groups excluding tert-OH is 1. The van der Waals surface area contributed by atoms with Gasteiger partial charge in [-0.15, -0.1) is 0 Å². The Morgan fingerprint density at radius 2 is 1.00 bits per heavy atom. The molecule has 136 valence electrons. The van der Waals surface area contributed by atoms with Crippen molar-refractivity contribution in [3.8, 4) is 0 Å². The Kier molecular flexibility index (Phi) is 19.5. The SMILES string of the molecule is CCCCCCCCCCCC[N+](CC)(CC)CCCO.[Cl-]. The van der Waals surface area contributed by atoms with Crippen LogP contribution in [0.3, 0.4) is 0 Å². The summed E-state index contributed by atoms with van der Waals surface area (Å²) in [4.78, 5) is 0. The van der Waals surface area contributed by atoms with Crippen molar-refractivity contribution in [1.82, 2.24) is 0 Å². The molecule has 0 aliphatic heterocycles. The van der Waals surface area contributed by atoms with Gasteiger partial charge in [-0.25, -0.2) is 0 Å². The molecule has 1 N–H and O–H groups in total. The number of nitrogens with zero attached hydrogens (tertiary/aromatic N) is 1. The molecule has 0 saturated carbocycles. The first-order chi connectivity index (χ1) is 10.2. The van der Waals surface area contributed by atoms with Gasteiger partial charge in [-0.05, 0) is 26.7 Å². The first-order valence-electron chi connectivity index (χ1n) is 9.70. The molecular weight excluding hydrogens is 294 g/mol. The number of quaternary nitrogens is 1. The van der Waals surface area contributed by atoms with E-state index in [1.165, 1.54) is 88.3 Å². The maximum absolute atomic E-state index is 9.06. The molecule has 0 rings (SSSR count). The van der Waals surface area contributed by atoms with E-state index in [1.54, 1.807) is 0 Å². The van der Waals surface area contributed by atoms with E-state index in [2.05, 4.69) is 20.8 Å². The van der Waals surface area contributed by atoms with E-state index >= 15 is 0 Å². The molecule has 0 saturated heterocycles. The van der Waals surface area contributed by atoms with Crippen molar-refractivity contribution >= 4 is 0 Å². The Bertz CT molecular complexity index is 208. The van der Waals surface area contributed by atoms with Crippen LogP contribution in [-0.4, -0.2) is 42.4 Å². The molecule has 0 aliphatic carbocycles. The highest BCUT2D eigenvalue weighted by Gasteiger charge is 2.21. The Hall–Kier alpha value is 0.210. The molecule has 2 nitrogen and oxygen atoms in total. The molecule has 0 aromatic rings. The lowest BCUT2D eigenvalue weighted by Gasteiger charge is -2.37. The summed E-state index contributed by atoms with van der Waals surface area (Å²) in [5.74, 6) is 0. The van der Waals surface area contributed by atoms with E-state index in [9.17, 15) is 0 Å². The minimum absolute atomic E-state index is 0. The Morgan fingerprint density at radius 3 is 1.41 bits per heavy atom. The molecule has 22 heavy (non-hydrogen) atoms. The van der Waals surface area contributed by atoms with Crippen LogP contribution >= 0.6 is 0 Å². The van der Waals surface area contributed by atoms with Gasteiger partial charge in [0, 0.05) is 13.0 Å². The number of halogens is 1. The quantitative estimate of drug-likeness (QED) is 0.338. The Morgan fingerprint density at radius 1 is 0.591 bits per heavy atom. The molecule has 0 spiro atoms. The minimum atomic E-state index is 0. The van der Waals surface area contributed by atoms with Crippen LogP contribution in [0.1, 0.15) is 91.4 Å². The highest BCUT2D eigenvalue weighted by Crippen LogP contribution is 2.14. The second-order valence-electron chi connectivity index (χ2n) is 6.68. The second-order valence-corrected chi connectivity index (χ2v) is 6.68. The molecule has 3 heteroatoms. The van der Waals surface area contributed by atoms with Crippen molar-refractivity contribution in [3.05, 3.63) is 0 Å². The normalized spacial score (nSPS) is 11.5. The van der Waals surface area contributed by atoms with Gasteiger partial charge in [0.2, 0.25) is 0 Å². The predicted octanol–water partition coefficient (Wildman–Crippen LogP) is 2.15. The fourth-order valence-corrected chi connectivity index (χ4v) is 3.31. The van der Waals surface area contributed by atoms with Crippen LogP contribution in [0.25, 0.3) is 0 Å². The topological polar surface area (TPSA) is 20.2 Å². The number of rotatable bonds is 16. The van der Waals surface area contributed by atoms with Crippen LogP contribution in [-0.2, 0) is 0 Å². The average molecular weight is 336 g/mol. The smallest absolute Gasteiger partial charge is 0.0808 e. The highest BCUT2D eigenvalue weighted by atomic mass is 35.5. The molecule has 0 aromatic carbocycles. The third-order valence-electron chi connectivity index (χ3n) is 5.12. The summed E-state index contributed by atoms with van der Waals surface area (Å²) < 4.78 is 1.21. The lowest BCUT2D eigenvalue weighted by Crippen LogP contribution is -3.00. The predicted molar refractivity (Wildman–Crippen MR) is 94.6 cm³/mol. The van der Waals surface area contributed by atoms with Crippen molar-refractivity contribution in [2.45, 2.75) is 91.4 Å². The standard InChI is InChI=1S/C19H42NO.ClH/c1-4-7-8-9-10-11-12-13-14-15-17-20(5-2,6-3)18-16-19-21;/h21H,4-19H2,1-3H3;1H/q+1;/p-1. The number of hydrogen-bond donors (Lipinski definition) is 1. The van der Waals surface area contributed by atoms with Crippen molar-refractivity contribution in [3.63, 3.8) is 0 Å². The van der Waals surface area contributed by atoms with Gasteiger partial charge in [0.15, 0.2) is 0 Å². The number of hydrogen-bond acceptors (Lipinski definition) is 1. The molecule has 0 amide bonds. The second kappa shape index (κ2) is 17.6. The van der Waals surface area contributed by atoms with E-state index in [0.717, 1.165) is 13.0 Å². The van der Waals surface area contributed by atoms with Crippen LogP contribution in [0.2, 0.25) is 0 Å². The van der Waals surface area contributed by atoms with Gasteiger partial charge >= 0.3 is 0 Å². The van der Waals surface area contributed by atoms with E-state index in [1.807, 2.05) is 0 Å². The number of unbranched alkanes of at least 4 members (excludes halogenated alkanes) is 9. The van der Waals surface area contributed by atoms with Crippen molar-refractivity contribution in [2.24, 2.45) is 0 Å². The molecule has 0 unspecified atom stereocenters. The van der Waals surface area contributed by atoms with Crippen LogP contribution in [0.15, 0.2) is 0 Å².